The van der Waals surface area contributed by atoms with Crippen molar-refractivity contribution in [2.45, 2.75) is 33.2 Å². The second-order valence-corrected chi connectivity index (χ2v) is 5.74. The van der Waals surface area contributed by atoms with Crippen molar-refractivity contribution >= 4 is 17.3 Å². The minimum atomic E-state index is 0.0755. The average Bonchev–Trinajstić information content (AvgIpc) is 2.72. The van der Waals surface area contributed by atoms with E-state index in [0.717, 1.165) is 29.1 Å². The van der Waals surface area contributed by atoms with Gasteiger partial charge in [-0.3, -0.25) is 5.41 Å². The number of nitrogens with two attached hydrogens (primary N) is 1. The van der Waals surface area contributed by atoms with Crippen molar-refractivity contribution in [3.63, 3.8) is 0 Å². The maximum atomic E-state index is 7.91. The normalized spacial score (nSPS) is 16.9. The highest BCUT2D eigenvalue weighted by molar-refractivity contribution is 6.02. The number of para-hydroxylation sites is 1. The van der Waals surface area contributed by atoms with Crippen LogP contribution < -0.4 is 10.6 Å². The Morgan fingerprint density at radius 3 is 2.76 bits per heavy atom. The molecule has 1 aromatic carbocycles. The van der Waals surface area contributed by atoms with E-state index in [9.17, 15) is 0 Å². The molecule has 2 aromatic rings. The average molecular weight is 280 g/mol. The summed E-state index contributed by atoms with van der Waals surface area (Å²) in [5.74, 6) is 0.879. The number of amidine groups is 1. The van der Waals surface area contributed by atoms with Gasteiger partial charge in [-0.05, 0) is 50.5 Å². The third-order valence-electron chi connectivity index (χ3n) is 4.03. The van der Waals surface area contributed by atoms with Crippen molar-refractivity contribution in [3.8, 4) is 0 Å². The van der Waals surface area contributed by atoms with Crippen LogP contribution in [-0.2, 0) is 6.42 Å². The number of nitrogen functional groups attached to an aromatic ring is 1. The number of pyridine rings is 1. The minimum Gasteiger partial charge on any atom is -0.384 e. The summed E-state index contributed by atoms with van der Waals surface area (Å²) in [4.78, 5) is 6.91. The quantitative estimate of drug-likeness (QED) is 0.656. The van der Waals surface area contributed by atoms with Crippen LogP contribution in [0.3, 0.4) is 0 Å². The second kappa shape index (κ2) is 4.88. The number of nitrogens with one attached hydrogen (secondary N) is 1. The van der Waals surface area contributed by atoms with E-state index in [1.807, 2.05) is 26.0 Å². The molecule has 108 valence electrons. The van der Waals surface area contributed by atoms with E-state index in [0.29, 0.717) is 6.04 Å². The number of aryl methyl sites for hydroxylation is 2. The number of hydrogen-bond donors (Lipinski definition) is 2. The molecule has 2 heterocycles. The number of fused-ring (bicyclic) bond motifs is 1. The molecule has 4 heteroatoms. The zero-order valence-corrected chi connectivity index (χ0v) is 12.6. The molecule has 0 bridgehead atoms. The number of anilines is 2. The summed E-state index contributed by atoms with van der Waals surface area (Å²) in [5.41, 5.74) is 11.0. The fourth-order valence-electron chi connectivity index (χ4n) is 3.21. The van der Waals surface area contributed by atoms with E-state index in [1.165, 1.54) is 11.3 Å². The van der Waals surface area contributed by atoms with Crippen LogP contribution in [0, 0.1) is 19.3 Å². The molecule has 1 unspecified atom stereocenters. The maximum Gasteiger partial charge on any atom is 0.144 e. The van der Waals surface area contributed by atoms with Gasteiger partial charge in [0.2, 0.25) is 0 Å². The molecular weight excluding hydrogens is 260 g/mol. The number of aromatic nitrogens is 1. The number of benzene rings is 1. The third-order valence-corrected chi connectivity index (χ3v) is 4.03. The van der Waals surface area contributed by atoms with E-state index in [1.54, 1.807) is 0 Å². The van der Waals surface area contributed by atoms with Gasteiger partial charge in [0.15, 0.2) is 0 Å². The second-order valence-electron chi connectivity index (χ2n) is 5.74. The smallest absolute Gasteiger partial charge is 0.144 e. The number of hydrogen-bond acceptors (Lipinski definition) is 3. The summed E-state index contributed by atoms with van der Waals surface area (Å²) < 4.78 is 0. The first-order chi connectivity index (χ1) is 9.99. The first-order valence-corrected chi connectivity index (χ1v) is 7.19. The Morgan fingerprint density at radius 1 is 1.33 bits per heavy atom. The van der Waals surface area contributed by atoms with Crippen LogP contribution in [0.4, 0.5) is 11.5 Å². The lowest BCUT2D eigenvalue weighted by Crippen LogP contribution is -2.29. The zero-order valence-electron chi connectivity index (χ0n) is 12.6. The Morgan fingerprint density at radius 2 is 2.05 bits per heavy atom. The highest BCUT2D eigenvalue weighted by Crippen LogP contribution is 2.39. The highest BCUT2D eigenvalue weighted by Gasteiger charge is 2.30. The molecule has 0 radical (unpaired) electrons. The molecule has 0 saturated heterocycles. The van der Waals surface area contributed by atoms with Crippen LogP contribution in [0.25, 0.3) is 0 Å². The van der Waals surface area contributed by atoms with Gasteiger partial charge >= 0.3 is 0 Å². The first kappa shape index (κ1) is 13.6. The third kappa shape index (κ3) is 2.17. The van der Waals surface area contributed by atoms with Gasteiger partial charge in [0, 0.05) is 17.4 Å². The van der Waals surface area contributed by atoms with E-state index < -0.39 is 0 Å². The number of rotatable bonds is 2. The van der Waals surface area contributed by atoms with E-state index in [-0.39, 0.29) is 5.84 Å². The molecule has 0 amide bonds. The molecule has 3 N–H and O–H groups in total. The molecule has 1 aromatic heterocycles. The summed E-state index contributed by atoms with van der Waals surface area (Å²) in [6.45, 7) is 6.15. The molecule has 21 heavy (non-hydrogen) atoms. The van der Waals surface area contributed by atoms with Crippen molar-refractivity contribution in [2.24, 2.45) is 5.73 Å². The maximum absolute atomic E-state index is 7.91. The van der Waals surface area contributed by atoms with E-state index in [2.05, 4.69) is 30.0 Å². The topological polar surface area (TPSA) is 66.0 Å². The van der Waals surface area contributed by atoms with E-state index in [4.69, 9.17) is 16.1 Å². The Kier molecular flexibility index (Phi) is 3.16. The molecule has 4 nitrogen and oxygen atoms in total. The molecule has 1 aliphatic rings. The van der Waals surface area contributed by atoms with Crippen molar-refractivity contribution in [3.05, 3.63) is 52.7 Å². The Bertz CT molecular complexity index is 721. The Balaban J connectivity index is 2.23. The monoisotopic (exact) mass is 280 g/mol. The highest BCUT2D eigenvalue weighted by atomic mass is 15.2. The lowest BCUT2D eigenvalue weighted by atomic mass is 10.1. The Hall–Kier alpha value is -2.36. The van der Waals surface area contributed by atoms with Gasteiger partial charge in [-0.2, -0.15) is 0 Å². The summed E-state index contributed by atoms with van der Waals surface area (Å²) in [5, 5.41) is 7.91. The molecule has 0 fully saturated rings. The van der Waals surface area contributed by atoms with Crippen molar-refractivity contribution in [1.82, 2.24) is 4.98 Å². The lowest BCUT2D eigenvalue weighted by molar-refractivity contribution is 0.748. The number of nitrogens with zero attached hydrogens (tertiary/aromatic N) is 2. The van der Waals surface area contributed by atoms with Gasteiger partial charge in [0.05, 0.1) is 5.56 Å². The predicted octanol–water partition coefficient (Wildman–Crippen LogP) is 3.07. The van der Waals surface area contributed by atoms with Crippen LogP contribution >= 0.6 is 0 Å². The summed E-state index contributed by atoms with van der Waals surface area (Å²) in [6, 6.07) is 10.7. The van der Waals surface area contributed by atoms with Gasteiger partial charge in [-0.15, -0.1) is 0 Å². The Labute approximate surface area is 125 Å². The van der Waals surface area contributed by atoms with Gasteiger partial charge in [0.25, 0.3) is 0 Å². The molecule has 0 aliphatic carbocycles. The van der Waals surface area contributed by atoms with Crippen molar-refractivity contribution in [1.29, 1.82) is 5.41 Å². The lowest BCUT2D eigenvalue weighted by Gasteiger charge is -2.27. The molecule has 1 aliphatic heterocycles. The zero-order chi connectivity index (χ0) is 15.1. The molecule has 0 saturated carbocycles. The van der Waals surface area contributed by atoms with Crippen LogP contribution in [-0.4, -0.2) is 16.9 Å². The van der Waals surface area contributed by atoms with Gasteiger partial charge < -0.3 is 10.6 Å². The van der Waals surface area contributed by atoms with Gasteiger partial charge in [-0.25, -0.2) is 4.98 Å². The van der Waals surface area contributed by atoms with Gasteiger partial charge in [-0.1, -0.05) is 18.2 Å². The minimum absolute atomic E-state index is 0.0755. The van der Waals surface area contributed by atoms with Crippen molar-refractivity contribution in [2.75, 3.05) is 4.90 Å². The van der Waals surface area contributed by atoms with Crippen LogP contribution in [0.5, 0.6) is 0 Å². The SMILES string of the molecule is Cc1cc(C)c(C(=N)N)c(N2c3ccccc3CC2C)n1. The van der Waals surface area contributed by atoms with Crippen LogP contribution in [0.2, 0.25) is 0 Å². The largest absolute Gasteiger partial charge is 0.384 e. The predicted molar refractivity (Wildman–Crippen MR) is 86.5 cm³/mol. The molecule has 3 rings (SSSR count). The molecular formula is C17H20N4. The summed E-state index contributed by atoms with van der Waals surface area (Å²) in [6.07, 6.45) is 0.988. The standard InChI is InChI=1S/C17H20N4/c1-10-8-11(2)20-17(15(10)16(18)19)21-12(3)9-13-6-4-5-7-14(13)21/h4-8,12H,9H2,1-3H3,(H3,18,19). The van der Waals surface area contributed by atoms with E-state index >= 15 is 0 Å². The first-order valence-electron chi connectivity index (χ1n) is 7.19. The van der Waals surface area contributed by atoms with Crippen LogP contribution in [0.15, 0.2) is 30.3 Å². The van der Waals surface area contributed by atoms with Crippen molar-refractivity contribution < 1.29 is 0 Å². The van der Waals surface area contributed by atoms with Crippen LogP contribution in [0.1, 0.15) is 29.3 Å². The van der Waals surface area contributed by atoms with Gasteiger partial charge in [0.1, 0.15) is 11.7 Å². The summed E-state index contributed by atoms with van der Waals surface area (Å²) >= 11 is 0. The summed E-state index contributed by atoms with van der Waals surface area (Å²) in [7, 11) is 0. The fraction of sp³-hybridized carbons (Fsp3) is 0.294. The molecule has 0 spiro atoms. The molecule has 1 atom stereocenters. The fourth-order valence-corrected chi connectivity index (χ4v) is 3.21.